The average molecular weight is 395 g/mol. The van der Waals surface area contributed by atoms with E-state index in [1.54, 1.807) is 0 Å². The van der Waals surface area contributed by atoms with E-state index >= 15 is 0 Å². The van der Waals surface area contributed by atoms with Crippen molar-refractivity contribution in [1.82, 2.24) is 30.6 Å². The largest absolute Gasteiger partial charge is 0.494 e. The summed E-state index contributed by atoms with van der Waals surface area (Å²) in [6, 6.07) is 11.6. The number of tetrazole rings is 1. The summed E-state index contributed by atoms with van der Waals surface area (Å²) in [5.41, 5.74) is 1.68. The molecular weight excluding hydrogens is 370 g/mol. The van der Waals surface area contributed by atoms with Crippen molar-refractivity contribution in [2.24, 2.45) is 5.92 Å². The molecule has 0 bridgehead atoms. The highest BCUT2D eigenvalue weighted by Crippen LogP contribution is 2.23. The molecule has 1 fully saturated rings. The van der Waals surface area contributed by atoms with Crippen LogP contribution >= 0.6 is 0 Å². The van der Waals surface area contributed by atoms with Gasteiger partial charge in [-0.15, -0.1) is 14.8 Å². The second-order valence-corrected chi connectivity index (χ2v) is 7.21. The molecule has 1 aliphatic heterocycles. The number of carbonyl (C=O) groups excluding carboxylic acids is 1. The van der Waals surface area contributed by atoms with Crippen LogP contribution in [-0.2, 0) is 4.79 Å². The van der Waals surface area contributed by atoms with Crippen LogP contribution < -0.4 is 15.0 Å². The SMILES string of the molecule is CCOc1ccc([C@@H](C)NC(=O)C2CCN(c3ccc4nnnn4n3)CC2)cc1. The Bertz CT molecular complexity index is 964. The van der Waals surface area contributed by atoms with E-state index in [4.69, 9.17) is 4.74 Å². The normalized spacial score (nSPS) is 16.0. The van der Waals surface area contributed by atoms with Crippen LogP contribution in [0, 0.1) is 5.92 Å². The Morgan fingerprint density at radius 3 is 2.69 bits per heavy atom. The zero-order valence-electron chi connectivity index (χ0n) is 16.7. The van der Waals surface area contributed by atoms with Crippen molar-refractivity contribution in [1.29, 1.82) is 0 Å². The molecule has 0 aliphatic carbocycles. The van der Waals surface area contributed by atoms with Gasteiger partial charge >= 0.3 is 0 Å². The Kier molecular flexibility index (Phi) is 5.55. The van der Waals surface area contributed by atoms with E-state index in [1.807, 2.05) is 50.2 Å². The lowest BCUT2D eigenvalue weighted by molar-refractivity contribution is -0.126. The van der Waals surface area contributed by atoms with Crippen molar-refractivity contribution >= 4 is 17.4 Å². The monoisotopic (exact) mass is 395 g/mol. The number of anilines is 1. The van der Waals surface area contributed by atoms with Crippen LogP contribution in [0.4, 0.5) is 5.82 Å². The quantitative estimate of drug-likeness (QED) is 0.682. The third-order valence-electron chi connectivity index (χ3n) is 5.30. The zero-order chi connectivity index (χ0) is 20.2. The molecule has 1 amide bonds. The highest BCUT2D eigenvalue weighted by Gasteiger charge is 2.27. The third kappa shape index (κ3) is 4.28. The standard InChI is InChI=1S/C20H25N7O2/c1-3-29-17-6-4-15(5-7-17)14(2)21-20(28)16-10-12-26(13-11-16)19-9-8-18-22-24-25-27(18)23-19/h4-9,14,16H,3,10-13H2,1-2H3,(H,21,28)/t14-/m1/s1. The van der Waals surface area contributed by atoms with Crippen molar-refractivity contribution in [2.45, 2.75) is 32.7 Å². The zero-order valence-corrected chi connectivity index (χ0v) is 16.7. The minimum atomic E-state index is -0.0416. The fraction of sp³-hybridized carbons (Fsp3) is 0.450. The van der Waals surface area contributed by atoms with Gasteiger partial charge in [-0.2, -0.15) is 0 Å². The lowest BCUT2D eigenvalue weighted by Gasteiger charge is -2.32. The number of nitrogens with one attached hydrogen (secondary N) is 1. The van der Waals surface area contributed by atoms with Crippen LogP contribution in [0.3, 0.4) is 0 Å². The molecule has 1 saturated heterocycles. The lowest BCUT2D eigenvalue weighted by Crippen LogP contribution is -2.41. The number of aromatic nitrogens is 5. The summed E-state index contributed by atoms with van der Waals surface area (Å²) in [5.74, 6) is 1.78. The van der Waals surface area contributed by atoms with Crippen LogP contribution in [0.5, 0.6) is 5.75 Å². The van der Waals surface area contributed by atoms with E-state index in [1.165, 1.54) is 4.63 Å². The average Bonchev–Trinajstić information content (AvgIpc) is 3.22. The molecule has 9 heteroatoms. The number of piperidine rings is 1. The van der Waals surface area contributed by atoms with Gasteiger partial charge in [0.2, 0.25) is 5.91 Å². The van der Waals surface area contributed by atoms with E-state index in [0.29, 0.717) is 12.3 Å². The number of carbonyl (C=O) groups is 1. The van der Waals surface area contributed by atoms with Crippen LogP contribution in [-0.4, -0.2) is 50.9 Å². The molecule has 1 N–H and O–H groups in total. The Morgan fingerprint density at radius 2 is 1.97 bits per heavy atom. The summed E-state index contributed by atoms with van der Waals surface area (Å²) in [6.45, 7) is 6.16. The molecule has 9 nitrogen and oxygen atoms in total. The molecule has 3 aromatic rings. The van der Waals surface area contributed by atoms with Gasteiger partial charge in [0.05, 0.1) is 12.6 Å². The summed E-state index contributed by atoms with van der Waals surface area (Å²) in [7, 11) is 0. The Labute approximate surface area is 169 Å². The summed E-state index contributed by atoms with van der Waals surface area (Å²) in [6.07, 6.45) is 1.58. The minimum Gasteiger partial charge on any atom is -0.494 e. The molecule has 1 atom stereocenters. The van der Waals surface area contributed by atoms with Crippen molar-refractivity contribution in [2.75, 3.05) is 24.6 Å². The Balaban J connectivity index is 1.31. The second kappa shape index (κ2) is 8.42. The van der Waals surface area contributed by atoms with Crippen molar-refractivity contribution in [3.63, 3.8) is 0 Å². The first-order chi connectivity index (χ1) is 14.1. The van der Waals surface area contributed by atoms with Crippen molar-refractivity contribution in [3.05, 3.63) is 42.0 Å². The molecule has 0 unspecified atom stereocenters. The number of benzene rings is 1. The maximum absolute atomic E-state index is 12.7. The van der Waals surface area contributed by atoms with E-state index in [2.05, 4.69) is 30.8 Å². The van der Waals surface area contributed by atoms with Crippen LogP contribution in [0.2, 0.25) is 0 Å². The van der Waals surface area contributed by atoms with E-state index in [0.717, 1.165) is 43.1 Å². The number of fused-ring (bicyclic) bond motifs is 1. The molecular formula is C20H25N7O2. The molecule has 3 heterocycles. The van der Waals surface area contributed by atoms with E-state index in [-0.39, 0.29) is 17.9 Å². The lowest BCUT2D eigenvalue weighted by atomic mass is 9.95. The predicted octanol–water partition coefficient (Wildman–Crippen LogP) is 2.01. The van der Waals surface area contributed by atoms with Gasteiger partial charge in [-0.25, -0.2) is 0 Å². The first-order valence-electron chi connectivity index (χ1n) is 9.97. The molecule has 1 aliphatic rings. The maximum Gasteiger partial charge on any atom is 0.223 e. The molecule has 0 saturated carbocycles. The Hall–Kier alpha value is -3.23. The second-order valence-electron chi connectivity index (χ2n) is 7.21. The van der Waals surface area contributed by atoms with Crippen molar-refractivity contribution in [3.8, 4) is 5.75 Å². The van der Waals surface area contributed by atoms with Gasteiger partial charge in [0, 0.05) is 19.0 Å². The van der Waals surface area contributed by atoms with E-state index < -0.39 is 0 Å². The highest BCUT2D eigenvalue weighted by atomic mass is 16.5. The molecule has 1 aromatic carbocycles. The molecule has 2 aromatic heterocycles. The van der Waals surface area contributed by atoms with Gasteiger partial charge < -0.3 is 15.0 Å². The topological polar surface area (TPSA) is 97.5 Å². The van der Waals surface area contributed by atoms with Crippen LogP contribution in [0.1, 0.15) is 38.3 Å². The first-order valence-corrected chi connectivity index (χ1v) is 9.97. The molecule has 152 valence electrons. The fourth-order valence-corrected chi connectivity index (χ4v) is 3.61. The first kappa shape index (κ1) is 19.1. The molecule has 0 radical (unpaired) electrons. The van der Waals surface area contributed by atoms with Gasteiger partial charge in [0.15, 0.2) is 11.5 Å². The fourth-order valence-electron chi connectivity index (χ4n) is 3.61. The smallest absolute Gasteiger partial charge is 0.223 e. The number of amides is 1. The summed E-state index contributed by atoms with van der Waals surface area (Å²) in [5, 5.41) is 18.9. The van der Waals surface area contributed by atoms with E-state index in [9.17, 15) is 4.79 Å². The van der Waals surface area contributed by atoms with Gasteiger partial charge in [0.25, 0.3) is 0 Å². The van der Waals surface area contributed by atoms with Gasteiger partial charge in [-0.05, 0) is 66.9 Å². The summed E-state index contributed by atoms with van der Waals surface area (Å²) >= 11 is 0. The molecule has 0 spiro atoms. The number of hydrogen-bond donors (Lipinski definition) is 1. The molecule has 29 heavy (non-hydrogen) atoms. The summed E-state index contributed by atoms with van der Waals surface area (Å²) in [4.78, 5) is 14.9. The Morgan fingerprint density at radius 1 is 1.21 bits per heavy atom. The maximum atomic E-state index is 12.7. The highest BCUT2D eigenvalue weighted by molar-refractivity contribution is 5.79. The number of nitrogens with zero attached hydrogens (tertiary/aromatic N) is 6. The third-order valence-corrected chi connectivity index (χ3v) is 5.30. The van der Waals surface area contributed by atoms with Gasteiger partial charge in [-0.1, -0.05) is 12.1 Å². The minimum absolute atomic E-state index is 0.00756. The van der Waals surface area contributed by atoms with Crippen LogP contribution in [0.25, 0.3) is 5.65 Å². The van der Waals surface area contributed by atoms with Gasteiger partial charge in [-0.3, -0.25) is 4.79 Å². The molecule has 4 rings (SSSR count). The van der Waals surface area contributed by atoms with Crippen molar-refractivity contribution < 1.29 is 9.53 Å². The predicted molar refractivity (Wildman–Crippen MR) is 108 cm³/mol. The van der Waals surface area contributed by atoms with Crippen LogP contribution in [0.15, 0.2) is 36.4 Å². The number of hydrogen-bond acceptors (Lipinski definition) is 7. The van der Waals surface area contributed by atoms with Gasteiger partial charge in [0.1, 0.15) is 5.75 Å². The number of rotatable bonds is 6. The summed E-state index contributed by atoms with van der Waals surface area (Å²) < 4.78 is 6.90. The number of ether oxygens (including phenoxy) is 1.